The van der Waals surface area contributed by atoms with E-state index in [0.29, 0.717) is 53.6 Å². The number of aromatic nitrogens is 4. The van der Waals surface area contributed by atoms with Crippen LogP contribution in [0, 0.1) is 0 Å². The van der Waals surface area contributed by atoms with Gasteiger partial charge in [0, 0.05) is 19.6 Å². The standard InChI is InChI=1S/C23H28N6O4S/c1-5-27(6-2)34(31,32)16-12-13-20(33-4)18(14-16)24-15-21-25-26-23-28(7-3)22(30)17-10-8-9-11-19(17)29(21)23/h8-14,24H,5-7,15H2,1-4H3. The Bertz CT molecular complexity index is 1510. The second kappa shape index (κ2) is 9.43. The molecule has 4 rings (SSSR count). The summed E-state index contributed by atoms with van der Waals surface area (Å²) in [6.07, 6.45) is 0. The van der Waals surface area contributed by atoms with Gasteiger partial charge < -0.3 is 10.1 Å². The van der Waals surface area contributed by atoms with Gasteiger partial charge in [0.15, 0.2) is 5.82 Å². The predicted molar refractivity (Wildman–Crippen MR) is 131 cm³/mol. The van der Waals surface area contributed by atoms with Crippen LogP contribution in [0.4, 0.5) is 5.69 Å². The van der Waals surface area contributed by atoms with Crippen molar-refractivity contribution < 1.29 is 13.2 Å². The van der Waals surface area contributed by atoms with Crippen LogP contribution in [0.5, 0.6) is 5.75 Å². The Labute approximate surface area is 197 Å². The summed E-state index contributed by atoms with van der Waals surface area (Å²) in [5.74, 6) is 1.53. The fraction of sp³-hybridized carbons (Fsp3) is 0.348. The van der Waals surface area contributed by atoms with Crippen molar-refractivity contribution in [2.45, 2.75) is 38.8 Å². The van der Waals surface area contributed by atoms with E-state index in [1.807, 2.05) is 29.5 Å². The van der Waals surface area contributed by atoms with Gasteiger partial charge in [0.25, 0.3) is 5.56 Å². The van der Waals surface area contributed by atoms with E-state index in [4.69, 9.17) is 4.74 Å². The molecule has 180 valence electrons. The molecule has 0 spiro atoms. The fourth-order valence-electron chi connectivity index (χ4n) is 4.09. The first-order chi connectivity index (χ1) is 16.4. The summed E-state index contributed by atoms with van der Waals surface area (Å²) in [7, 11) is -2.10. The summed E-state index contributed by atoms with van der Waals surface area (Å²) < 4.78 is 36.3. The Morgan fingerprint density at radius 2 is 1.79 bits per heavy atom. The van der Waals surface area contributed by atoms with Gasteiger partial charge >= 0.3 is 0 Å². The zero-order valence-electron chi connectivity index (χ0n) is 19.6. The Hall–Kier alpha value is -3.44. The highest BCUT2D eigenvalue weighted by atomic mass is 32.2. The van der Waals surface area contributed by atoms with Crippen LogP contribution in [0.3, 0.4) is 0 Å². The number of benzene rings is 2. The van der Waals surface area contributed by atoms with Gasteiger partial charge in [-0.2, -0.15) is 4.31 Å². The van der Waals surface area contributed by atoms with Crippen LogP contribution in [-0.2, 0) is 23.1 Å². The largest absolute Gasteiger partial charge is 0.495 e. The molecule has 2 heterocycles. The molecule has 0 amide bonds. The summed E-state index contributed by atoms with van der Waals surface area (Å²) in [6, 6.07) is 12.1. The SMILES string of the molecule is CCN(CC)S(=O)(=O)c1ccc(OC)c(NCc2nnc3n(CC)c(=O)c4ccccc4n23)c1. The van der Waals surface area contributed by atoms with Crippen molar-refractivity contribution in [2.24, 2.45) is 0 Å². The molecule has 0 atom stereocenters. The van der Waals surface area contributed by atoms with Crippen molar-refractivity contribution in [3.63, 3.8) is 0 Å². The third-order valence-corrected chi connectivity index (χ3v) is 7.89. The topological polar surface area (TPSA) is 111 Å². The van der Waals surface area contributed by atoms with Gasteiger partial charge in [-0.25, -0.2) is 8.42 Å². The number of para-hydroxylation sites is 1. The molecule has 0 bridgehead atoms. The van der Waals surface area contributed by atoms with Gasteiger partial charge in [-0.3, -0.25) is 13.8 Å². The highest BCUT2D eigenvalue weighted by Gasteiger charge is 2.23. The summed E-state index contributed by atoms with van der Waals surface area (Å²) in [4.78, 5) is 13.0. The molecular formula is C23H28N6O4S. The summed E-state index contributed by atoms with van der Waals surface area (Å²) in [5, 5.41) is 12.4. The van der Waals surface area contributed by atoms with Crippen LogP contribution in [-0.4, -0.2) is 52.1 Å². The van der Waals surface area contributed by atoms with Crippen molar-refractivity contribution in [3.8, 4) is 5.75 Å². The summed E-state index contributed by atoms with van der Waals surface area (Å²) in [5.41, 5.74) is 1.10. The molecule has 0 saturated carbocycles. The number of nitrogens with zero attached hydrogens (tertiary/aromatic N) is 5. The molecule has 4 aromatic rings. The molecule has 11 heteroatoms. The monoisotopic (exact) mass is 484 g/mol. The molecule has 10 nitrogen and oxygen atoms in total. The minimum absolute atomic E-state index is 0.117. The van der Waals surface area contributed by atoms with E-state index >= 15 is 0 Å². The lowest BCUT2D eigenvalue weighted by Crippen LogP contribution is -2.30. The number of anilines is 1. The minimum Gasteiger partial charge on any atom is -0.495 e. The van der Waals surface area contributed by atoms with Gasteiger partial charge in [-0.15, -0.1) is 10.2 Å². The van der Waals surface area contributed by atoms with Gasteiger partial charge in [0.2, 0.25) is 15.8 Å². The number of aryl methyl sites for hydroxylation is 1. The molecule has 0 aliphatic carbocycles. The Kier molecular flexibility index (Phi) is 6.58. The Morgan fingerprint density at radius 3 is 2.47 bits per heavy atom. The first-order valence-electron chi connectivity index (χ1n) is 11.1. The van der Waals surface area contributed by atoms with E-state index < -0.39 is 10.0 Å². The second-order valence-electron chi connectivity index (χ2n) is 7.62. The van der Waals surface area contributed by atoms with Gasteiger partial charge in [-0.1, -0.05) is 26.0 Å². The highest BCUT2D eigenvalue weighted by molar-refractivity contribution is 7.89. The fourth-order valence-corrected chi connectivity index (χ4v) is 5.57. The molecule has 0 aliphatic heterocycles. The molecule has 0 aliphatic rings. The molecule has 2 aromatic heterocycles. The van der Waals surface area contributed by atoms with Crippen molar-refractivity contribution >= 4 is 32.4 Å². The minimum atomic E-state index is -3.63. The number of nitrogens with one attached hydrogen (secondary N) is 1. The van der Waals surface area contributed by atoms with Crippen LogP contribution >= 0.6 is 0 Å². The third-order valence-electron chi connectivity index (χ3n) is 5.84. The maximum absolute atomic E-state index is 13.0. The average molecular weight is 485 g/mol. The van der Waals surface area contributed by atoms with Crippen LogP contribution in [0.25, 0.3) is 16.7 Å². The maximum Gasteiger partial charge on any atom is 0.262 e. The number of fused-ring (bicyclic) bond motifs is 3. The molecule has 0 fully saturated rings. The summed E-state index contributed by atoms with van der Waals surface area (Å²) in [6.45, 7) is 6.95. The number of ether oxygens (including phenoxy) is 1. The lowest BCUT2D eigenvalue weighted by molar-refractivity contribution is 0.415. The van der Waals surface area contributed by atoms with Crippen LogP contribution in [0.1, 0.15) is 26.6 Å². The zero-order valence-corrected chi connectivity index (χ0v) is 20.5. The molecule has 34 heavy (non-hydrogen) atoms. The van der Waals surface area contributed by atoms with Gasteiger partial charge in [0.05, 0.1) is 35.1 Å². The van der Waals surface area contributed by atoms with E-state index in [1.165, 1.54) is 17.5 Å². The lowest BCUT2D eigenvalue weighted by Gasteiger charge is -2.20. The maximum atomic E-state index is 13.0. The quantitative estimate of drug-likeness (QED) is 0.389. The number of hydrogen-bond acceptors (Lipinski definition) is 7. The van der Waals surface area contributed by atoms with Crippen LogP contribution < -0.4 is 15.6 Å². The van der Waals surface area contributed by atoms with E-state index in [0.717, 1.165) is 0 Å². The Balaban J connectivity index is 1.77. The van der Waals surface area contributed by atoms with E-state index in [2.05, 4.69) is 15.5 Å². The molecule has 0 saturated heterocycles. The summed E-state index contributed by atoms with van der Waals surface area (Å²) >= 11 is 0. The second-order valence-corrected chi connectivity index (χ2v) is 9.56. The average Bonchev–Trinajstić information content (AvgIpc) is 3.27. The first-order valence-corrected chi connectivity index (χ1v) is 12.6. The number of hydrogen-bond donors (Lipinski definition) is 1. The third kappa shape index (κ3) is 3.90. The van der Waals surface area contributed by atoms with Crippen molar-refractivity contribution in [2.75, 3.05) is 25.5 Å². The predicted octanol–water partition coefficient (Wildman–Crippen LogP) is 2.72. The van der Waals surface area contributed by atoms with E-state index in [9.17, 15) is 13.2 Å². The van der Waals surface area contributed by atoms with E-state index in [-0.39, 0.29) is 17.0 Å². The Morgan fingerprint density at radius 1 is 1.06 bits per heavy atom. The normalized spacial score (nSPS) is 12.0. The smallest absolute Gasteiger partial charge is 0.262 e. The molecule has 0 radical (unpaired) electrons. The lowest BCUT2D eigenvalue weighted by atomic mass is 10.2. The first kappa shape index (κ1) is 23.7. The van der Waals surface area contributed by atoms with Gasteiger partial charge in [0.1, 0.15) is 5.75 Å². The van der Waals surface area contributed by atoms with Crippen LogP contribution in [0.2, 0.25) is 0 Å². The van der Waals surface area contributed by atoms with E-state index in [1.54, 1.807) is 36.6 Å². The van der Waals surface area contributed by atoms with Crippen LogP contribution in [0.15, 0.2) is 52.2 Å². The van der Waals surface area contributed by atoms with Crippen molar-refractivity contribution in [1.29, 1.82) is 0 Å². The number of sulfonamides is 1. The van der Waals surface area contributed by atoms with Gasteiger partial charge in [-0.05, 0) is 37.3 Å². The number of rotatable bonds is 9. The zero-order chi connectivity index (χ0) is 24.5. The van der Waals surface area contributed by atoms with Crippen molar-refractivity contribution in [3.05, 3.63) is 58.6 Å². The highest BCUT2D eigenvalue weighted by Crippen LogP contribution is 2.29. The molecule has 2 aromatic carbocycles. The molecule has 1 N–H and O–H groups in total. The molecular weight excluding hydrogens is 456 g/mol. The number of methoxy groups -OCH3 is 1. The van der Waals surface area contributed by atoms with Crippen molar-refractivity contribution in [1.82, 2.24) is 23.5 Å². The molecule has 0 unspecified atom stereocenters.